The summed E-state index contributed by atoms with van der Waals surface area (Å²) in [5.74, 6) is 0.445. The van der Waals surface area contributed by atoms with E-state index in [1.807, 2.05) is 0 Å². The van der Waals surface area contributed by atoms with Crippen molar-refractivity contribution in [3.63, 3.8) is 0 Å². The van der Waals surface area contributed by atoms with Crippen LogP contribution >= 0.6 is 0 Å². The number of nitrogens with zero attached hydrogens (tertiary/aromatic N) is 3. The average molecular weight is 250 g/mol. The van der Waals surface area contributed by atoms with E-state index in [1.165, 1.54) is 0 Å². The molecular weight excluding hydrogens is 232 g/mol. The summed E-state index contributed by atoms with van der Waals surface area (Å²) in [7, 11) is 1.77. The molecule has 0 spiro atoms. The summed E-state index contributed by atoms with van der Waals surface area (Å²) in [4.78, 5) is 21.5. The van der Waals surface area contributed by atoms with Gasteiger partial charge in [-0.05, 0) is 18.9 Å². The zero-order valence-corrected chi connectivity index (χ0v) is 10.5. The highest BCUT2D eigenvalue weighted by atomic mass is 16.3. The van der Waals surface area contributed by atoms with Gasteiger partial charge in [-0.25, -0.2) is 9.97 Å². The summed E-state index contributed by atoms with van der Waals surface area (Å²) >= 11 is 0. The number of aromatic nitrogens is 2. The normalized spacial score (nSPS) is 16.1. The smallest absolute Gasteiger partial charge is 0.239 e. The molecule has 1 aliphatic carbocycles. The first kappa shape index (κ1) is 12.8. The van der Waals surface area contributed by atoms with Gasteiger partial charge in [-0.1, -0.05) is 0 Å². The molecule has 0 bridgehead atoms. The number of aliphatic hydroxyl groups is 1. The third-order valence-corrected chi connectivity index (χ3v) is 3.23. The number of carbonyl (C=O) groups is 1. The number of anilines is 1. The van der Waals surface area contributed by atoms with Crippen molar-refractivity contribution in [3.05, 3.63) is 18.5 Å². The van der Waals surface area contributed by atoms with Crippen LogP contribution in [0.15, 0.2) is 18.5 Å². The van der Waals surface area contributed by atoms with E-state index in [9.17, 15) is 4.79 Å². The quantitative estimate of drug-likeness (QED) is 0.731. The molecule has 2 rings (SSSR count). The van der Waals surface area contributed by atoms with Gasteiger partial charge in [0.15, 0.2) is 0 Å². The summed E-state index contributed by atoms with van der Waals surface area (Å²) in [6.07, 6.45) is 5.26. The van der Waals surface area contributed by atoms with E-state index < -0.39 is 0 Å². The average Bonchev–Trinajstić information content (AvgIpc) is 3.18. The summed E-state index contributed by atoms with van der Waals surface area (Å²) in [5, 5.41) is 12.0. The van der Waals surface area contributed by atoms with Gasteiger partial charge < -0.3 is 15.3 Å². The molecule has 0 radical (unpaired) electrons. The maximum atomic E-state index is 11.7. The van der Waals surface area contributed by atoms with Gasteiger partial charge in [-0.15, -0.1) is 0 Å². The lowest BCUT2D eigenvalue weighted by Crippen LogP contribution is -2.39. The SMILES string of the molecule is CN(CC(=O)NCC1(CO)CC1)c1ncccn1. The molecular formula is C12H18N4O2. The van der Waals surface area contributed by atoms with Crippen LogP contribution < -0.4 is 10.2 Å². The summed E-state index contributed by atoms with van der Waals surface area (Å²) in [6.45, 7) is 0.905. The van der Waals surface area contributed by atoms with Crippen molar-refractivity contribution in [1.29, 1.82) is 0 Å². The second-order valence-corrected chi connectivity index (χ2v) is 4.84. The minimum atomic E-state index is -0.0790. The molecule has 1 amide bonds. The van der Waals surface area contributed by atoms with Gasteiger partial charge in [0, 0.05) is 31.4 Å². The Kier molecular flexibility index (Phi) is 3.76. The maximum absolute atomic E-state index is 11.7. The molecule has 98 valence electrons. The monoisotopic (exact) mass is 250 g/mol. The van der Waals surface area contributed by atoms with Gasteiger partial charge in [0.1, 0.15) is 0 Å². The first-order chi connectivity index (χ1) is 8.65. The Hall–Kier alpha value is -1.69. The minimum Gasteiger partial charge on any atom is -0.396 e. The summed E-state index contributed by atoms with van der Waals surface area (Å²) < 4.78 is 0. The fraction of sp³-hybridized carbons (Fsp3) is 0.583. The Bertz CT molecular complexity index is 406. The van der Waals surface area contributed by atoms with E-state index in [-0.39, 0.29) is 24.5 Å². The summed E-state index contributed by atoms with van der Waals surface area (Å²) in [6, 6.07) is 1.73. The second kappa shape index (κ2) is 5.30. The summed E-state index contributed by atoms with van der Waals surface area (Å²) in [5.41, 5.74) is -0.0581. The van der Waals surface area contributed by atoms with Crippen LogP contribution in [-0.4, -0.2) is 47.7 Å². The number of amides is 1. The molecule has 1 heterocycles. The lowest BCUT2D eigenvalue weighted by molar-refractivity contribution is -0.120. The molecule has 18 heavy (non-hydrogen) atoms. The Balaban J connectivity index is 1.77. The lowest BCUT2D eigenvalue weighted by Gasteiger charge is -2.18. The maximum Gasteiger partial charge on any atom is 0.239 e. The fourth-order valence-corrected chi connectivity index (χ4v) is 1.68. The molecule has 6 nitrogen and oxygen atoms in total. The Morgan fingerprint density at radius 1 is 1.50 bits per heavy atom. The van der Waals surface area contributed by atoms with Crippen LogP contribution in [0.1, 0.15) is 12.8 Å². The van der Waals surface area contributed by atoms with Crippen LogP contribution in [-0.2, 0) is 4.79 Å². The molecule has 0 aromatic carbocycles. The van der Waals surface area contributed by atoms with Crippen molar-refractivity contribution in [2.45, 2.75) is 12.8 Å². The second-order valence-electron chi connectivity index (χ2n) is 4.84. The highest BCUT2D eigenvalue weighted by Gasteiger charge is 2.42. The number of rotatable bonds is 6. The zero-order valence-electron chi connectivity index (χ0n) is 10.5. The van der Waals surface area contributed by atoms with Crippen molar-refractivity contribution < 1.29 is 9.90 Å². The van der Waals surface area contributed by atoms with Crippen LogP contribution in [0.5, 0.6) is 0 Å². The number of aliphatic hydroxyl groups excluding tert-OH is 1. The minimum absolute atomic E-state index is 0.0581. The van der Waals surface area contributed by atoms with Crippen LogP contribution in [0.3, 0.4) is 0 Å². The van der Waals surface area contributed by atoms with Crippen LogP contribution in [0.25, 0.3) is 0 Å². The van der Waals surface area contributed by atoms with E-state index in [2.05, 4.69) is 15.3 Å². The van der Waals surface area contributed by atoms with Crippen molar-refractivity contribution in [2.24, 2.45) is 5.41 Å². The van der Waals surface area contributed by atoms with Gasteiger partial charge in [0.25, 0.3) is 0 Å². The van der Waals surface area contributed by atoms with Gasteiger partial charge >= 0.3 is 0 Å². The number of likely N-dealkylation sites (N-methyl/N-ethyl adjacent to an activating group) is 1. The van der Waals surface area contributed by atoms with E-state index in [0.29, 0.717) is 12.5 Å². The van der Waals surface area contributed by atoms with E-state index in [1.54, 1.807) is 30.4 Å². The Morgan fingerprint density at radius 2 is 2.17 bits per heavy atom. The topological polar surface area (TPSA) is 78.4 Å². The molecule has 1 aromatic heterocycles. The number of hydrogen-bond donors (Lipinski definition) is 2. The molecule has 0 unspecified atom stereocenters. The fourth-order valence-electron chi connectivity index (χ4n) is 1.68. The molecule has 0 saturated heterocycles. The van der Waals surface area contributed by atoms with Crippen LogP contribution in [0.2, 0.25) is 0 Å². The third-order valence-electron chi connectivity index (χ3n) is 3.23. The highest BCUT2D eigenvalue weighted by Crippen LogP contribution is 2.44. The van der Waals surface area contributed by atoms with Gasteiger partial charge in [0.05, 0.1) is 13.2 Å². The first-order valence-electron chi connectivity index (χ1n) is 6.01. The van der Waals surface area contributed by atoms with E-state index >= 15 is 0 Å². The molecule has 0 aliphatic heterocycles. The van der Waals surface area contributed by atoms with Gasteiger partial charge in [-0.3, -0.25) is 4.79 Å². The number of carbonyl (C=O) groups excluding carboxylic acids is 1. The van der Waals surface area contributed by atoms with Gasteiger partial charge in [0.2, 0.25) is 11.9 Å². The molecule has 2 N–H and O–H groups in total. The van der Waals surface area contributed by atoms with Gasteiger partial charge in [-0.2, -0.15) is 0 Å². The predicted molar refractivity (Wildman–Crippen MR) is 67.1 cm³/mol. The number of nitrogens with one attached hydrogen (secondary N) is 1. The predicted octanol–water partition coefficient (Wildman–Crippen LogP) is -0.199. The number of hydrogen-bond acceptors (Lipinski definition) is 5. The van der Waals surface area contributed by atoms with Crippen molar-refractivity contribution in [3.8, 4) is 0 Å². The van der Waals surface area contributed by atoms with Crippen LogP contribution in [0, 0.1) is 5.41 Å². The molecule has 1 saturated carbocycles. The van der Waals surface area contributed by atoms with E-state index in [4.69, 9.17) is 5.11 Å². The first-order valence-corrected chi connectivity index (χ1v) is 6.01. The third kappa shape index (κ3) is 3.16. The van der Waals surface area contributed by atoms with Crippen LogP contribution in [0.4, 0.5) is 5.95 Å². The Labute approximate surface area is 106 Å². The standard InChI is InChI=1S/C12H18N4O2/c1-16(11-13-5-2-6-14-11)7-10(18)15-8-12(9-17)3-4-12/h2,5-6,17H,3-4,7-9H2,1H3,(H,15,18). The zero-order chi connectivity index (χ0) is 13.0. The molecule has 6 heteroatoms. The molecule has 1 aliphatic rings. The molecule has 0 atom stereocenters. The van der Waals surface area contributed by atoms with Crippen molar-refractivity contribution in [1.82, 2.24) is 15.3 Å². The largest absolute Gasteiger partial charge is 0.396 e. The highest BCUT2D eigenvalue weighted by molar-refractivity contribution is 5.80. The lowest BCUT2D eigenvalue weighted by atomic mass is 10.1. The van der Waals surface area contributed by atoms with E-state index in [0.717, 1.165) is 12.8 Å². The molecule has 1 fully saturated rings. The van der Waals surface area contributed by atoms with Crippen molar-refractivity contribution >= 4 is 11.9 Å². The molecule has 1 aromatic rings. The van der Waals surface area contributed by atoms with Crippen molar-refractivity contribution in [2.75, 3.05) is 31.6 Å². The Morgan fingerprint density at radius 3 is 2.72 bits per heavy atom.